The van der Waals surface area contributed by atoms with Crippen molar-refractivity contribution < 1.29 is 4.39 Å². The van der Waals surface area contributed by atoms with E-state index in [9.17, 15) is 4.39 Å². The molecule has 0 aliphatic rings. The molecule has 1 rings (SSSR count). The quantitative estimate of drug-likeness (QED) is 0.766. The molecule has 108 valence electrons. The molecular weight excluding hydrogens is 237 g/mol. The maximum absolute atomic E-state index is 13.4. The van der Waals surface area contributed by atoms with Gasteiger partial charge in [0.1, 0.15) is 5.82 Å². The maximum Gasteiger partial charge on any atom is 0.123 e. The van der Waals surface area contributed by atoms with E-state index in [1.807, 2.05) is 6.07 Å². The molecule has 0 saturated carbocycles. The molecule has 1 nitrogen and oxygen atoms in total. The predicted octanol–water partition coefficient (Wildman–Crippen LogP) is 4.48. The van der Waals surface area contributed by atoms with Crippen molar-refractivity contribution in [1.29, 1.82) is 0 Å². The molecule has 0 bridgehead atoms. The molecule has 0 fully saturated rings. The molecule has 2 heteroatoms. The molecule has 0 radical (unpaired) electrons. The monoisotopic (exact) mass is 265 g/mol. The van der Waals surface area contributed by atoms with Crippen LogP contribution in [-0.2, 0) is 6.42 Å². The lowest BCUT2D eigenvalue weighted by Crippen LogP contribution is -2.38. The molecule has 1 aromatic carbocycles. The van der Waals surface area contributed by atoms with E-state index in [4.69, 9.17) is 0 Å². The van der Waals surface area contributed by atoms with Crippen molar-refractivity contribution in [3.05, 3.63) is 35.1 Å². The lowest BCUT2D eigenvalue weighted by molar-refractivity contribution is 0.239. The summed E-state index contributed by atoms with van der Waals surface area (Å²) in [4.78, 5) is 0. The Morgan fingerprint density at radius 3 is 2.37 bits per heavy atom. The van der Waals surface area contributed by atoms with E-state index < -0.39 is 0 Å². The SMILES string of the molecule is CCC(CC)(CNC(C)C)Cc1cc(F)ccc1C. The van der Waals surface area contributed by atoms with Crippen molar-refractivity contribution in [2.45, 2.75) is 59.9 Å². The number of halogens is 1. The van der Waals surface area contributed by atoms with E-state index in [2.05, 4.69) is 39.9 Å². The molecule has 0 unspecified atom stereocenters. The third kappa shape index (κ3) is 4.61. The van der Waals surface area contributed by atoms with Crippen molar-refractivity contribution >= 4 is 0 Å². The first kappa shape index (κ1) is 16.2. The molecule has 0 heterocycles. The van der Waals surface area contributed by atoms with Crippen LogP contribution in [0.2, 0.25) is 0 Å². The summed E-state index contributed by atoms with van der Waals surface area (Å²) < 4.78 is 13.4. The third-order valence-electron chi connectivity index (χ3n) is 4.26. The van der Waals surface area contributed by atoms with Crippen LogP contribution in [-0.4, -0.2) is 12.6 Å². The Balaban J connectivity index is 2.90. The zero-order valence-corrected chi connectivity index (χ0v) is 13.0. The van der Waals surface area contributed by atoms with Gasteiger partial charge in [-0.25, -0.2) is 4.39 Å². The summed E-state index contributed by atoms with van der Waals surface area (Å²) in [6, 6.07) is 5.62. The maximum atomic E-state index is 13.4. The van der Waals surface area contributed by atoms with Gasteiger partial charge in [-0.1, -0.05) is 33.8 Å². The van der Waals surface area contributed by atoms with Crippen LogP contribution in [0, 0.1) is 18.2 Å². The highest BCUT2D eigenvalue weighted by atomic mass is 19.1. The van der Waals surface area contributed by atoms with E-state index in [0.717, 1.165) is 31.4 Å². The summed E-state index contributed by atoms with van der Waals surface area (Å²) in [5.41, 5.74) is 2.56. The highest BCUT2D eigenvalue weighted by Gasteiger charge is 2.27. The zero-order chi connectivity index (χ0) is 14.5. The van der Waals surface area contributed by atoms with Gasteiger partial charge in [0.05, 0.1) is 0 Å². The minimum absolute atomic E-state index is 0.126. The number of nitrogens with one attached hydrogen (secondary N) is 1. The van der Waals surface area contributed by atoms with Crippen molar-refractivity contribution in [2.24, 2.45) is 5.41 Å². The van der Waals surface area contributed by atoms with E-state index in [1.165, 1.54) is 5.56 Å². The molecule has 0 aliphatic heterocycles. The molecule has 0 atom stereocenters. The molecule has 0 aromatic heterocycles. The molecule has 19 heavy (non-hydrogen) atoms. The number of hydrogen-bond acceptors (Lipinski definition) is 1. The van der Waals surface area contributed by atoms with Crippen molar-refractivity contribution in [3.8, 4) is 0 Å². The number of benzene rings is 1. The zero-order valence-electron chi connectivity index (χ0n) is 13.0. The highest BCUT2D eigenvalue weighted by molar-refractivity contribution is 5.27. The van der Waals surface area contributed by atoms with Crippen molar-refractivity contribution in [2.75, 3.05) is 6.54 Å². The second-order valence-corrected chi connectivity index (χ2v) is 5.99. The minimum atomic E-state index is -0.126. The Kier molecular flexibility index (Phi) is 5.99. The van der Waals surface area contributed by atoms with E-state index in [1.54, 1.807) is 12.1 Å². The summed E-state index contributed by atoms with van der Waals surface area (Å²) in [7, 11) is 0. The van der Waals surface area contributed by atoms with Gasteiger partial charge in [-0.15, -0.1) is 0 Å². The van der Waals surface area contributed by atoms with Crippen molar-refractivity contribution in [3.63, 3.8) is 0 Å². The third-order valence-corrected chi connectivity index (χ3v) is 4.26. The Morgan fingerprint density at radius 1 is 1.21 bits per heavy atom. The van der Waals surface area contributed by atoms with Gasteiger partial charge in [-0.2, -0.15) is 0 Å². The van der Waals surface area contributed by atoms with Gasteiger partial charge in [0.25, 0.3) is 0 Å². The van der Waals surface area contributed by atoms with Crippen LogP contribution in [0.3, 0.4) is 0 Å². The van der Waals surface area contributed by atoms with Gasteiger partial charge in [-0.05, 0) is 54.9 Å². The van der Waals surface area contributed by atoms with Gasteiger partial charge in [0.15, 0.2) is 0 Å². The molecule has 1 N–H and O–H groups in total. The van der Waals surface area contributed by atoms with Gasteiger partial charge >= 0.3 is 0 Å². The Morgan fingerprint density at radius 2 is 1.84 bits per heavy atom. The van der Waals surface area contributed by atoms with Gasteiger partial charge in [-0.3, -0.25) is 0 Å². The number of rotatable bonds is 7. The second kappa shape index (κ2) is 7.04. The smallest absolute Gasteiger partial charge is 0.123 e. The minimum Gasteiger partial charge on any atom is -0.314 e. The van der Waals surface area contributed by atoms with Crippen LogP contribution in [0.1, 0.15) is 51.7 Å². The summed E-state index contributed by atoms with van der Waals surface area (Å²) >= 11 is 0. The van der Waals surface area contributed by atoms with Crippen LogP contribution in [0.4, 0.5) is 4.39 Å². The van der Waals surface area contributed by atoms with Gasteiger partial charge < -0.3 is 5.32 Å². The predicted molar refractivity (Wildman–Crippen MR) is 81.0 cm³/mol. The van der Waals surface area contributed by atoms with Crippen LogP contribution in [0.5, 0.6) is 0 Å². The number of aryl methyl sites for hydroxylation is 1. The highest BCUT2D eigenvalue weighted by Crippen LogP contribution is 2.31. The summed E-state index contributed by atoms with van der Waals surface area (Å²) in [5, 5.41) is 3.55. The lowest BCUT2D eigenvalue weighted by Gasteiger charge is -2.33. The molecule has 0 aliphatic carbocycles. The second-order valence-electron chi connectivity index (χ2n) is 5.99. The van der Waals surface area contributed by atoms with Crippen LogP contribution in [0.15, 0.2) is 18.2 Å². The first-order valence-electron chi connectivity index (χ1n) is 7.41. The molecule has 1 aromatic rings. The first-order chi connectivity index (χ1) is 8.92. The van der Waals surface area contributed by atoms with Gasteiger partial charge in [0.2, 0.25) is 0 Å². The Hall–Kier alpha value is -0.890. The Bertz CT molecular complexity index is 394. The average Bonchev–Trinajstić information content (AvgIpc) is 2.38. The lowest BCUT2D eigenvalue weighted by atomic mass is 9.76. The molecule has 0 saturated heterocycles. The summed E-state index contributed by atoms with van der Waals surface area (Å²) in [6.07, 6.45) is 3.17. The van der Waals surface area contributed by atoms with Gasteiger partial charge in [0, 0.05) is 12.6 Å². The normalized spacial score (nSPS) is 12.2. The first-order valence-corrected chi connectivity index (χ1v) is 7.41. The fourth-order valence-corrected chi connectivity index (χ4v) is 2.47. The largest absolute Gasteiger partial charge is 0.314 e. The molecule has 0 amide bonds. The fraction of sp³-hybridized carbons (Fsp3) is 0.647. The summed E-state index contributed by atoms with van der Waals surface area (Å²) in [5.74, 6) is -0.126. The van der Waals surface area contributed by atoms with Crippen LogP contribution in [0.25, 0.3) is 0 Å². The standard InChI is InChI=1S/C17H28FN/c1-6-17(7-2,12-19-13(3)4)11-15-10-16(18)9-8-14(15)5/h8-10,13,19H,6-7,11-12H2,1-5H3. The van der Waals surface area contributed by atoms with Crippen LogP contribution >= 0.6 is 0 Å². The topological polar surface area (TPSA) is 12.0 Å². The average molecular weight is 265 g/mol. The van der Waals surface area contributed by atoms with Crippen molar-refractivity contribution in [1.82, 2.24) is 5.32 Å². The number of hydrogen-bond donors (Lipinski definition) is 1. The van der Waals surface area contributed by atoms with E-state index >= 15 is 0 Å². The summed E-state index contributed by atoms with van der Waals surface area (Å²) in [6.45, 7) is 11.9. The van der Waals surface area contributed by atoms with Crippen LogP contribution < -0.4 is 5.32 Å². The molecular formula is C17H28FN. The molecule has 0 spiro atoms. The van der Waals surface area contributed by atoms with E-state index in [-0.39, 0.29) is 11.2 Å². The Labute approximate surface area is 117 Å². The fourth-order valence-electron chi connectivity index (χ4n) is 2.47. The van der Waals surface area contributed by atoms with E-state index in [0.29, 0.717) is 6.04 Å².